The first-order chi connectivity index (χ1) is 13.0. The fourth-order valence-corrected chi connectivity index (χ4v) is 3.96. The lowest BCUT2D eigenvalue weighted by Gasteiger charge is -2.45. The smallest absolute Gasteiger partial charge is 0.270 e. The molecule has 8 heteroatoms. The summed E-state index contributed by atoms with van der Waals surface area (Å²) in [5.74, 6) is 0.736. The highest BCUT2D eigenvalue weighted by atomic mass is 16.5. The van der Waals surface area contributed by atoms with Crippen molar-refractivity contribution in [3.05, 3.63) is 42.2 Å². The van der Waals surface area contributed by atoms with E-state index in [0.717, 1.165) is 5.82 Å². The number of imidazole rings is 1. The van der Waals surface area contributed by atoms with E-state index in [4.69, 9.17) is 4.74 Å². The summed E-state index contributed by atoms with van der Waals surface area (Å²) in [6, 6.07) is 3.65. The first-order valence-electron chi connectivity index (χ1n) is 9.41. The number of aromatic nitrogens is 3. The molecule has 27 heavy (non-hydrogen) atoms. The van der Waals surface area contributed by atoms with Crippen LogP contribution < -0.4 is 5.32 Å². The molecule has 0 unspecified atom stereocenters. The van der Waals surface area contributed by atoms with E-state index in [9.17, 15) is 9.59 Å². The molecule has 0 saturated carbocycles. The minimum absolute atomic E-state index is 0.0110. The molecular formula is C19H25N5O3. The summed E-state index contributed by atoms with van der Waals surface area (Å²) in [6.45, 7) is 5.45. The molecular weight excluding hydrogens is 346 g/mol. The van der Waals surface area contributed by atoms with Gasteiger partial charge in [-0.25, -0.2) is 4.98 Å². The minimum Gasteiger partial charge on any atom is -0.357 e. The van der Waals surface area contributed by atoms with Gasteiger partial charge < -0.3 is 24.5 Å². The molecule has 4 heterocycles. The van der Waals surface area contributed by atoms with Crippen LogP contribution in [-0.2, 0) is 21.7 Å². The van der Waals surface area contributed by atoms with Crippen molar-refractivity contribution in [2.45, 2.75) is 51.0 Å². The molecule has 1 saturated heterocycles. The Bertz CT molecular complexity index is 818. The molecule has 0 radical (unpaired) electrons. The van der Waals surface area contributed by atoms with Gasteiger partial charge in [0, 0.05) is 50.6 Å². The average Bonchev–Trinajstić information content (AvgIpc) is 3.33. The Morgan fingerprint density at radius 3 is 2.81 bits per heavy atom. The van der Waals surface area contributed by atoms with E-state index in [1.165, 1.54) is 0 Å². The number of H-pyrrole nitrogens is 1. The van der Waals surface area contributed by atoms with Crippen LogP contribution in [0.2, 0.25) is 0 Å². The van der Waals surface area contributed by atoms with Crippen molar-refractivity contribution in [1.29, 1.82) is 0 Å². The maximum atomic E-state index is 12.6. The zero-order chi connectivity index (χ0) is 19.0. The maximum Gasteiger partial charge on any atom is 0.270 e. The van der Waals surface area contributed by atoms with Gasteiger partial charge in [0.25, 0.3) is 11.8 Å². The topological polar surface area (TPSA) is 92.3 Å². The van der Waals surface area contributed by atoms with Crippen LogP contribution in [0.1, 0.15) is 43.0 Å². The van der Waals surface area contributed by atoms with Crippen LogP contribution in [0.3, 0.4) is 0 Å². The molecule has 2 aliphatic heterocycles. The second kappa shape index (κ2) is 6.84. The lowest BCUT2D eigenvalue weighted by molar-refractivity contribution is -0.172. The molecule has 144 valence electrons. The van der Waals surface area contributed by atoms with E-state index in [1.54, 1.807) is 18.5 Å². The molecule has 2 aliphatic rings. The Labute approximate surface area is 157 Å². The van der Waals surface area contributed by atoms with Gasteiger partial charge in [0.05, 0.1) is 6.54 Å². The molecule has 1 spiro atoms. The molecule has 2 aromatic rings. The number of likely N-dealkylation sites (tertiary alicyclic amines) is 1. The van der Waals surface area contributed by atoms with Crippen LogP contribution in [0.4, 0.5) is 0 Å². The molecule has 0 aromatic carbocycles. The van der Waals surface area contributed by atoms with Crippen LogP contribution in [0.25, 0.3) is 0 Å². The molecule has 4 rings (SSSR count). The number of aromatic amines is 1. The average molecular weight is 371 g/mol. The molecule has 0 bridgehead atoms. The summed E-state index contributed by atoms with van der Waals surface area (Å²) in [6.07, 6.45) is 6.06. The number of fused-ring (bicyclic) bond motifs is 2. The van der Waals surface area contributed by atoms with Crippen molar-refractivity contribution >= 4 is 11.8 Å². The van der Waals surface area contributed by atoms with Crippen LogP contribution >= 0.6 is 0 Å². The van der Waals surface area contributed by atoms with Gasteiger partial charge in [-0.05, 0) is 26.0 Å². The lowest BCUT2D eigenvalue weighted by Crippen LogP contribution is -2.55. The van der Waals surface area contributed by atoms with E-state index >= 15 is 0 Å². The number of rotatable bonds is 3. The first kappa shape index (κ1) is 17.8. The highest BCUT2D eigenvalue weighted by molar-refractivity contribution is 5.92. The number of nitrogens with zero attached hydrogens (tertiary/aromatic N) is 3. The van der Waals surface area contributed by atoms with Gasteiger partial charge in [0.2, 0.25) is 0 Å². The van der Waals surface area contributed by atoms with E-state index in [0.29, 0.717) is 38.2 Å². The number of hydrogen-bond acceptors (Lipinski definition) is 4. The normalized spacial score (nSPS) is 21.3. The zero-order valence-electron chi connectivity index (χ0n) is 15.6. The summed E-state index contributed by atoms with van der Waals surface area (Å²) < 4.78 is 8.35. The van der Waals surface area contributed by atoms with Crippen LogP contribution in [-0.4, -0.2) is 56.5 Å². The van der Waals surface area contributed by atoms with Crippen LogP contribution in [0, 0.1) is 0 Å². The maximum absolute atomic E-state index is 12.6. The van der Waals surface area contributed by atoms with Crippen molar-refractivity contribution in [2.24, 2.45) is 0 Å². The monoisotopic (exact) mass is 371 g/mol. The summed E-state index contributed by atoms with van der Waals surface area (Å²) in [4.78, 5) is 34.4. The van der Waals surface area contributed by atoms with Gasteiger partial charge in [-0.3, -0.25) is 9.59 Å². The minimum atomic E-state index is -0.632. The highest BCUT2D eigenvalue weighted by Crippen LogP contribution is 2.40. The van der Waals surface area contributed by atoms with Crippen LogP contribution in [0.5, 0.6) is 0 Å². The predicted octanol–water partition coefficient (Wildman–Crippen LogP) is 1.27. The van der Waals surface area contributed by atoms with E-state index in [1.807, 2.05) is 35.6 Å². The fourth-order valence-electron chi connectivity index (χ4n) is 3.96. The molecule has 0 aliphatic carbocycles. The van der Waals surface area contributed by atoms with Gasteiger partial charge in [-0.1, -0.05) is 0 Å². The summed E-state index contributed by atoms with van der Waals surface area (Å²) in [7, 11) is 0. The zero-order valence-corrected chi connectivity index (χ0v) is 15.6. The molecule has 1 atom stereocenters. The molecule has 8 nitrogen and oxygen atoms in total. The quantitative estimate of drug-likeness (QED) is 0.850. The first-order valence-corrected chi connectivity index (χ1v) is 9.41. The van der Waals surface area contributed by atoms with Gasteiger partial charge >= 0.3 is 0 Å². The SMILES string of the molecule is CC(C)NC(=O)[C@@H]1Cn2ccnc2C2(CCN(C(=O)c3ccc[nH]3)CC2)O1. The third-order valence-electron chi connectivity index (χ3n) is 5.26. The van der Waals surface area contributed by atoms with Gasteiger partial charge in [-0.2, -0.15) is 0 Å². The number of carbonyl (C=O) groups is 2. The Balaban J connectivity index is 1.52. The summed E-state index contributed by atoms with van der Waals surface area (Å²) >= 11 is 0. The third-order valence-corrected chi connectivity index (χ3v) is 5.26. The number of amides is 2. The number of carbonyl (C=O) groups excluding carboxylic acids is 2. The highest BCUT2D eigenvalue weighted by Gasteiger charge is 2.47. The molecule has 2 N–H and O–H groups in total. The number of hydrogen-bond donors (Lipinski definition) is 2. The fraction of sp³-hybridized carbons (Fsp3) is 0.526. The predicted molar refractivity (Wildman–Crippen MR) is 98.0 cm³/mol. The second-order valence-corrected chi connectivity index (χ2v) is 7.54. The van der Waals surface area contributed by atoms with Gasteiger partial charge in [0.1, 0.15) is 17.1 Å². The van der Waals surface area contributed by atoms with Gasteiger partial charge in [-0.15, -0.1) is 0 Å². The molecule has 1 fully saturated rings. The van der Waals surface area contributed by atoms with E-state index in [-0.39, 0.29) is 17.9 Å². The van der Waals surface area contributed by atoms with Crippen LogP contribution in [0.15, 0.2) is 30.7 Å². The molecule has 2 amide bonds. The second-order valence-electron chi connectivity index (χ2n) is 7.54. The summed E-state index contributed by atoms with van der Waals surface area (Å²) in [5, 5.41) is 2.94. The summed E-state index contributed by atoms with van der Waals surface area (Å²) in [5.41, 5.74) is -0.0426. The van der Waals surface area contributed by atoms with E-state index in [2.05, 4.69) is 15.3 Å². The number of nitrogens with one attached hydrogen (secondary N) is 2. The van der Waals surface area contributed by atoms with Crippen molar-refractivity contribution in [3.63, 3.8) is 0 Å². The Morgan fingerprint density at radius 1 is 1.37 bits per heavy atom. The standard InChI is InChI=1S/C19H25N5O3/c1-13(2)22-16(25)15-12-24-11-8-21-18(24)19(27-15)5-9-23(10-6-19)17(26)14-4-3-7-20-14/h3-4,7-8,11,13,15,20H,5-6,9-10,12H2,1-2H3,(H,22,25)/t15-/m0/s1. The molecule has 2 aromatic heterocycles. The Hall–Kier alpha value is -2.61. The lowest BCUT2D eigenvalue weighted by atomic mass is 9.88. The largest absolute Gasteiger partial charge is 0.357 e. The van der Waals surface area contributed by atoms with E-state index < -0.39 is 11.7 Å². The number of ether oxygens (including phenoxy) is 1. The van der Waals surface area contributed by atoms with Crippen molar-refractivity contribution in [2.75, 3.05) is 13.1 Å². The van der Waals surface area contributed by atoms with Crippen molar-refractivity contribution in [3.8, 4) is 0 Å². The van der Waals surface area contributed by atoms with Crippen molar-refractivity contribution < 1.29 is 14.3 Å². The Morgan fingerprint density at radius 2 is 2.15 bits per heavy atom. The number of piperidine rings is 1. The van der Waals surface area contributed by atoms with Crippen molar-refractivity contribution in [1.82, 2.24) is 24.8 Å². The Kier molecular flexibility index (Phi) is 4.51. The van der Waals surface area contributed by atoms with Gasteiger partial charge in [0.15, 0.2) is 6.10 Å². The third kappa shape index (κ3) is 3.25.